The van der Waals surface area contributed by atoms with Crippen LogP contribution in [0.3, 0.4) is 0 Å². The highest BCUT2D eigenvalue weighted by molar-refractivity contribution is 5.53. The fourth-order valence-electron chi connectivity index (χ4n) is 2.06. The van der Waals surface area contributed by atoms with Gasteiger partial charge in [-0.05, 0) is 37.8 Å². The molecule has 1 aliphatic rings. The van der Waals surface area contributed by atoms with Crippen LogP contribution in [0, 0.1) is 0 Å². The highest BCUT2D eigenvalue weighted by Gasteiger charge is 2.21. The normalized spacial score (nSPS) is 16.9. The van der Waals surface area contributed by atoms with E-state index in [0.29, 0.717) is 6.04 Å². The Balaban J connectivity index is 2.07. The van der Waals surface area contributed by atoms with Crippen molar-refractivity contribution in [2.45, 2.75) is 51.7 Å². The zero-order valence-electron chi connectivity index (χ0n) is 11.2. The lowest BCUT2D eigenvalue weighted by molar-refractivity contribution is 0.649. The van der Waals surface area contributed by atoms with Gasteiger partial charge in [-0.3, -0.25) is 0 Å². The molecular weight excluding hydrogens is 208 g/mol. The van der Waals surface area contributed by atoms with E-state index in [2.05, 4.69) is 55.4 Å². The lowest BCUT2D eigenvalue weighted by Crippen LogP contribution is -2.29. The van der Waals surface area contributed by atoms with Crippen molar-refractivity contribution in [1.29, 1.82) is 0 Å². The lowest BCUT2D eigenvalue weighted by atomic mass is 10.1. The van der Waals surface area contributed by atoms with Gasteiger partial charge in [0, 0.05) is 31.4 Å². The van der Waals surface area contributed by atoms with Gasteiger partial charge in [0.15, 0.2) is 0 Å². The van der Waals surface area contributed by atoms with E-state index >= 15 is 0 Å². The second kappa shape index (κ2) is 5.54. The third-order valence-electron chi connectivity index (χ3n) is 3.78. The summed E-state index contributed by atoms with van der Waals surface area (Å²) >= 11 is 0. The number of rotatable bonds is 6. The van der Waals surface area contributed by atoms with Crippen LogP contribution in [0.5, 0.6) is 0 Å². The van der Waals surface area contributed by atoms with Crippen molar-refractivity contribution in [2.75, 3.05) is 11.9 Å². The summed E-state index contributed by atoms with van der Waals surface area (Å²) < 4.78 is 0. The van der Waals surface area contributed by atoms with Gasteiger partial charge in [0.25, 0.3) is 0 Å². The van der Waals surface area contributed by atoms with Crippen molar-refractivity contribution in [3.63, 3.8) is 0 Å². The van der Waals surface area contributed by atoms with Crippen molar-refractivity contribution < 1.29 is 0 Å². The number of hydrogen-bond donors (Lipinski definition) is 1. The molecular formula is C15H24N2. The minimum absolute atomic E-state index is 0.595. The molecule has 0 radical (unpaired) electrons. The molecule has 0 heterocycles. The van der Waals surface area contributed by atoms with Gasteiger partial charge in [-0.1, -0.05) is 25.1 Å². The molecule has 2 nitrogen and oxygen atoms in total. The Labute approximate surface area is 105 Å². The lowest BCUT2D eigenvalue weighted by Gasteiger charge is -2.28. The van der Waals surface area contributed by atoms with E-state index in [1.54, 1.807) is 0 Å². The Hall–Kier alpha value is -1.02. The minimum Gasteiger partial charge on any atom is -0.372 e. The maximum Gasteiger partial charge on any atom is 0.0411 e. The van der Waals surface area contributed by atoms with Crippen LogP contribution in [0.1, 0.15) is 38.7 Å². The van der Waals surface area contributed by atoms with Crippen LogP contribution in [-0.2, 0) is 6.54 Å². The van der Waals surface area contributed by atoms with E-state index in [4.69, 9.17) is 0 Å². The summed E-state index contributed by atoms with van der Waals surface area (Å²) in [7, 11) is 2.20. The Bertz CT molecular complexity index is 358. The molecule has 1 N–H and O–H groups in total. The molecule has 0 aromatic heterocycles. The number of anilines is 1. The molecule has 0 saturated heterocycles. The molecule has 0 aliphatic heterocycles. The summed E-state index contributed by atoms with van der Waals surface area (Å²) in [6, 6.07) is 10.1. The van der Waals surface area contributed by atoms with Gasteiger partial charge in [0.05, 0.1) is 0 Å². The zero-order chi connectivity index (χ0) is 12.3. The predicted octanol–water partition coefficient (Wildman–Crippen LogP) is 3.17. The Kier molecular flexibility index (Phi) is 4.06. The topological polar surface area (TPSA) is 15.3 Å². The summed E-state index contributed by atoms with van der Waals surface area (Å²) in [6.45, 7) is 5.53. The standard InChI is InChI=1S/C15H24N2/c1-4-12(2)17(3)15-8-6-5-7-13(15)11-16-14-9-10-14/h5-8,12,14,16H,4,9-11H2,1-3H3. The molecule has 1 aliphatic carbocycles. The average Bonchev–Trinajstić information content (AvgIpc) is 3.19. The number of hydrogen-bond acceptors (Lipinski definition) is 2. The van der Waals surface area contributed by atoms with Crippen molar-refractivity contribution in [1.82, 2.24) is 5.32 Å². The first kappa shape index (κ1) is 12.4. The summed E-state index contributed by atoms with van der Waals surface area (Å²) in [5, 5.41) is 3.60. The van der Waals surface area contributed by atoms with Crippen LogP contribution in [0.25, 0.3) is 0 Å². The molecule has 94 valence electrons. The maximum atomic E-state index is 3.60. The monoisotopic (exact) mass is 232 g/mol. The number of nitrogens with zero attached hydrogens (tertiary/aromatic N) is 1. The maximum absolute atomic E-state index is 3.60. The zero-order valence-corrected chi connectivity index (χ0v) is 11.2. The molecule has 2 heteroatoms. The first-order valence-electron chi connectivity index (χ1n) is 6.76. The van der Waals surface area contributed by atoms with Gasteiger partial charge in [0.1, 0.15) is 0 Å². The second-order valence-corrected chi connectivity index (χ2v) is 5.15. The molecule has 0 amide bonds. The van der Waals surface area contributed by atoms with Crippen LogP contribution in [0.4, 0.5) is 5.69 Å². The molecule has 0 bridgehead atoms. The van der Waals surface area contributed by atoms with Crippen molar-refractivity contribution >= 4 is 5.69 Å². The van der Waals surface area contributed by atoms with E-state index in [0.717, 1.165) is 12.6 Å². The molecule has 1 aromatic carbocycles. The summed E-state index contributed by atoms with van der Waals surface area (Å²) in [5.74, 6) is 0. The third kappa shape index (κ3) is 3.22. The second-order valence-electron chi connectivity index (χ2n) is 5.15. The fraction of sp³-hybridized carbons (Fsp3) is 0.600. The average molecular weight is 232 g/mol. The van der Waals surface area contributed by atoms with Crippen molar-refractivity contribution in [3.8, 4) is 0 Å². The highest BCUT2D eigenvalue weighted by Crippen LogP contribution is 2.24. The fourth-order valence-corrected chi connectivity index (χ4v) is 2.06. The van der Waals surface area contributed by atoms with Gasteiger partial charge < -0.3 is 10.2 Å². The molecule has 17 heavy (non-hydrogen) atoms. The van der Waals surface area contributed by atoms with Gasteiger partial charge in [-0.25, -0.2) is 0 Å². The number of para-hydroxylation sites is 1. The summed E-state index contributed by atoms with van der Waals surface area (Å²) in [4.78, 5) is 2.39. The van der Waals surface area contributed by atoms with Crippen LogP contribution in [0.2, 0.25) is 0 Å². The van der Waals surface area contributed by atoms with E-state index in [-0.39, 0.29) is 0 Å². The van der Waals surface area contributed by atoms with E-state index in [1.165, 1.54) is 30.5 Å². The molecule has 2 rings (SSSR count). The van der Waals surface area contributed by atoms with Crippen molar-refractivity contribution in [3.05, 3.63) is 29.8 Å². The third-order valence-corrected chi connectivity index (χ3v) is 3.78. The number of benzene rings is 1. The summed E-state index contributed by atoms with van der Waals surface area (Å²) in [6.07, 6.45) is 3.88. The highest BCUT2D eigenvalue weighted by atomic mass is 15.1. The Morgan fingerprint density at radius 1 is 1.35 bits per heavy atom. The van der Waals surface area contributed by atoms with E-state index < -0.39 is 0 Å². The first-order valence-corrected chi connectivity index (χ1v) is 6.76. The Morgan fingerprint density at radius 3 is 2.71 bits per heavy atom. The quantitative estimate of drug-likeness (QED) is 0.810. The van der Waals surface area contributed by atoms with Gasteiger partial charge in [0.2, 0.25) is 0 Å². The van der Waals surface area contributed by atoms with E-state index in [9.17, 15) is 0 Å². The van der Waals surface area contributed by atoms with Gasteiger partial charge >= 0.3 is 0 Å². The Morgan fingerprint density at radius 2 is 2.06 bits per heavy atom. The largest absolute Gasteiger partial charge is 0.372 e. The van der Waals surface area contributed by atoms with Crippen LogP contribution in [-0.4, -0.2) is 19.1 Å². The molecule has 0 spiro atoms. The molecule has 1 unspecified atom stereocenters. The molecule has 1 atom stereocenters. The first-order chi connectivity index (χ1) is 8.22. The number of nitrogens with one attached hydrogen (secondary N) is 1. The van der Waals surface area contributed by atoms with Gasteiger partial charge in [-0.2, -0.15) is 0 Å². The van der Waals surface area contributed by atoms with Crippen LogP contribution < -0.4 is 10.2 Å². The van der Waals surface area contributed by atoms with Crippen LogP contribution in [0.15, 0.2) is 24.3 Å². The summed E-state index contributed by atoms with van der Waals surface area (Å²) in [5.41, 5.74) is 2.79. The molecule has 1 fully saturated rings. The molecule has 1 saturated carbocycles. The van der Waals surface area contributed by atoms with E-state index in [1.807, 2.05) is 0 Å². The smallest absolute Gasteiger partial charge is 0.0411 e. The predicted molar refractivity (Wildman–Crippen MR) is 74.5 cm³/mol. The minimum atomic E-state index is 0.595. The van der Waals surface area contributed by atoms with Gasteiger partial charge in [-0.15, -0.1) is 0 Å². The SMILES string of the molecule is CCC(C)N(C)c1ccccc1CNC1CC1. The van der Waals surface area contributed by atoms with Crippen molar-refractivity contribution in [2.24, 2.45) is 0 Å². The van der Waals surface area contributed by atoms with Crippen LogP contribution >= 0.6 is 0 Å². The molecule has 1 aromatic rings.